The zero-order chi connectivity index (χ0) is 15.9. The summed E-state index contributed by atoms with van der Waals surface area (Å²) in [6, 6.07) is 6.12. The molecule has 0 amide bonds. The zero-order valence-electron chi connectivity index (χ0n) is 14.3. The van der Waals surface area contributed by atoms with E-state index >= 15 is 0 Å². The monoisotopic (exact) mass is 281 g/mol. The van der Waals surface area contributed by atoms with Crippen LogP contribution in [-0.2, 0) is 5.54 Å². The first-order valence-electron chi connectivity index (χ1n) is 7.50. The Hall–Kier alpha value is -1.06. The molecule has 0 aliphatic rings. The molecule has 0 spiro atoms. The summed E-state index contributed by atoms with van der Waals surface area (Å²) in [7, 11) is 1.68. The fourth-order valence-corrected chi connectivity index (χ4v) is 2.00. The number of benzene rings is 1. The number of rotatable bonds is 5. The van der Waals surface area contributed by atoms with Crippen molar-refractivity contribution in [1.82, 2.24) is 5.06 Å². The Labute approximate surface area is 124 Å². The Bertz CT molecular complexity index is 398. The van der Waals surface area contributed by atoms with Gasteiger partial charge in [0.05, 0.1) is 12.1 Å². The smallest absolute Gasteiger partial charge is 0.119 e. The Morgan fingerprint density at radius 3 is 2.20 bits per heavy atom. The van der Waals surface area contributed by atoms with E-state index in [2.05, 4.69) is 19.9 Å². The van der Waals surface area contributed by atoms with E-state index in [9.17, 15) is 5.21 Å². The summed E-state index contributed by atoms with van der Waals surface area (Å²) in [6.07, 6.45) is 0. The van der Waals surface area contributed by atoms with E-state index in [1.54, 1.807) is 7.05 Å². The summed E-state index contributed by atoms with van der Waals surface area (Å²) in [5, 5.41) is 11.1. The van der Waals surface area contributed by atoms with E-state index in [0.29, 0.717) is 12.5 Å². The molecule has 0 atom stereocenters. The average molecular weight is 281 g/mol. The summed E-state index contributed by atoms with van der Waals surface area (Å²) < 4.78 is 5.56. The molecule has 0 saturated carbocycles. The zero-order valence-corrected chi connectivity index (χ0v) is 14.3. The molecule has 1 aromatic carbocycles. The van der Waals surface area contributed by atoms with Gasteiger partial charge >= 0.3 is 0 Å². The summed E-state index contributed by atoms with van der Waals surface area (Å²) in [6.45, 7) is 14.9. The lowest BCUT2D eigenvalue weighted by atomic mass is 9.85. The first kappa shape index (κ1) is 18.9. The van der Waals surface area contributed by atoms with Crippen molar-refractivity contribution in [3.63, 3.8) is 0 Å². The van der Waals surface area contributed by atoms with Gasteiger partial charge in [0.2, 0.25) is 0 Å². The molecule has 0 saturated heterocycles. The van der Waals surface area contributed by atoms with E-state index in [1.807, 2.05) is 46.8 Å². The largest absolute Gasteiger partial charge is 0.494 e. The first-order valence-corrected chi connectivity index (χ1v) is 7.50. The molecule has 1 rings (SSSR count). The Kier molecular flexibility index (Phi) is 7.84. The number of hydroxylamine groups is 2. The highest BCUT2D eigenvalue weighted by atomic mass is 16.5. The van der Waals surface area contributed by atoms with Crippen molar-refractivity contribution in [3.8, 4) is 5.75 Å². The molecule has 1 N–H and O–H groups in total. The number of hydrogen-bond donors (Lipinski definition) is 1. The van der Waals surface area contributed by atoms with Crippen molar-refractivity contribution in [2.45, 2.75) is 59.9 Å². The van der Waals surface area contributed by atoms with Crippen LogP contribution < -0.4 is 4.74 Å². The van der Waals surface area contributed by atoms with Crippen molar-refractivity contribution in [1.29, 1.82) is 0 Å². The maximum Gasteiger partial charge on any atom is 0.119 e. The number of nitrogens with zero attached hydrogens (tertiary/aromatic N) is 1. The van der Waals surface area contributed by atoms with E-state index in [1.165, 1.54) is 10.6 Å². The third-order valence-corrected chi connectivity index (χ3v) is 3.43. The molecule has 0 aliphatic carbocycles. The lowest BCUT2D eigenvalue weighted by molar-refractivity contribution is -0.143. The molecule has 116 valence electrons. The molecule has 0 heterocycles. The van der Waals surface area contributed by atoms with Gasteiger partial charge in [-0.1, -0.05) is 33.8 Å². The van der Waals surface area contributed by atoms with Gasteiger partial charge in [0.15, 0.2) is 0 Å². The van der Waals surface area contributed by atoms with Crippen LogP contribution in [0.15, 0.2) is 18.2 Å². The van der Waals surface area contributed by atoms with Crippen molar-refractivity contribution < 1.29 is 9.94 Å². The van der Waals surface area contributed by atoms with Crippen LogP contribution >= 0.6 is 0 Å². The van der Waals surface area contributed by atoms with Crippen LogP contribution in [0, 0.1) is 0 Å². The van der Waals surface area contributed by atoms with Crippen LogP contribution in [0.3, 0.4) is 0 Å². The highest BCUT2D eigenvalue weighted by Gasteiger charge is 2.28. The molecule has 0 fully saturated rings. The molecule has 0 aliphatic heterocycles. The fraction of sp³-hybridized carbons (Fsp3) is 0.647. The Morgan fingerprint density at radius 1 is 1.25 bits per heavy atom. The van der Waals surface area contributed by atoms with Gasteiger partial charge < -0.3 is 9.94 Å². The van der Waals surface area contributed by atoms with Crippen LogP contribution in [0.2, 0.25) is 0 Å². The van der Waals surface area contributed by atoms with Crippen LogP contribution in [0.5, 0.6) is 5.75 Å². The topological polar surface area (TPSA) is 32.7 Å². The van der Waals surface area contributed by atoms with Gasteiger partial charge in [-0.2, -0.15) is 5.06 Å². The predicted molar refractivity (Wildman–Crippen MR) is 85.6 cm³/mol. The van der Waals surface area contributed by atoms with Crippen molar-refractivity contribution in [2.75, 3.05) is 13.7 Å². The molecule has 3 heteroatoms. The number of ether oxygens (including phenoxy) is 1. The predicted octanol–water partition coefficient (Wildman–Crippen LogP) is 4.79. The molecule has 3 nitrogen and oxygen atoms in total. The minimum Gasteiger partial charge on any atom is -0.494 e. The molecular weight excluding hydrogens is 250 g/mol. The fourth-order valence-electron chi connectivity index (χ4n) is 2.00. The minimum absolute atomic E-state index is 0.412. The SMILES string of the molecule is CC.CCOc1ccc(C(C)C)c(C(C)(C)N(C)O)c1. The lowest BCUT2D eigenvalue weighted by Crippen LogP contribution is -2.36. The van der Waals surface area contributed by atoms with Crippen LogP contribution in [0.25, 0.3) is 0 Å². The highest BCUT2D eigenvalue weighted by molar-refractivity contribution is 5.41. The minimum atomic E-state index is -0.438. The van der Waals surface area contributed by atoms with Crippen molar-refractivity contribution in [2.24, 2.45) is 0 Å². The van der Waals surface area contributed by atoms with Gasteiger partial charge in [-0.25, -0.2) is 0 Å². The highest BCUT2D eigenvalue weighted by Crippen LogP contribution is 2.34. The second kappa shape index (κ2) is 8.28. The van der Waals surface area contributed by atoms with E-state index in [0.717, 1.165) is 11.3 Å². The third-order valence-electron chi connectivity index (χ3n) is 3.43. The second-order valence-corrected chi connectivity index (χ2v) is 5.42. The van der Waals surface area contributed by atoms with Gasteiger partial charge in [-0.05, 0) is 49.9 Å². The first-order chi connectivity index (χ1) is 9.30. The maximum absolute atomic E-state index is 9.85. The lowest BCUT2D eigenvalue weighted by Gasteiger charge is -2.34. The van der Waals surface area contributed by atoms with Crippen molar-refractivity contribution >= 4 is 0 Å². The molecular formula is C17H31NO2. The van der Waals surface area contributed by atoms with Crippen LogP contribution in [-0.4, -0.2) is 23.9 Å². The molecule has 0 bridgehead atoms. The third kappa shape index (κ3) is 4.50. The van der Waals surface area contributed by atoms with Gasteiger partial charge in [0.1, 0.15) is 5.75 Å². The van der Waals surface area contributed by atoms with Gasteiger partial charge in [-0.3, -0.25) is 0 Å². The molecule has 20 heavy (non-hydrogen) atoms. The summed E-state index contributed by atoms with van der Waals surface area (Å²) >= 11 is 0. The molecule has 0 aromatic heterocycles. The Morgan fingerprint density at radius 2 is 1.80 bits per heavy atom. The maximum atomic E-state index is 9.85. The van der Waals surface area contributed by atoms with Crippen LogP contribution in [0.1, 0.15) is 65.5 Å². The summed E-state index contributed by atoms with van der Waals surface area (Å²) in [4.78, 5) is 0. The van der Waals surface area contributed by atoms with E-state index in [4.69, 9.17) is 4.74 Å². The summed E-state index contributed by atoms with van der Waals surface area (Å²) in [5.74, 6) is 1.27. The van der Waals surface area contributed by atoms with E-state index < -0.39 is 5.54 Å². The normalized spacial score (nSPS) is 11.3. The Balaban J connectivity index is 0.00000172. The molecule has 1 aromatic rings. The summed E-state index contributed by atoms with van der Waals surface area (Å²) in [5.41, 5.74) is 1.91. The molecule has 0 radical (unpaired) electrons. The quantitative estimate of drug-likeness (QED) is 0.788. The second-order valence-electron chi connectivity index (χ2n) is 5.42. The van der Waals surface area contributed by atoms with E-state index in [-0.39, 0.29) is 0 Å². The van der Waals surface area contributed by atoms with Gasteiger partial charge in [-0.15, -0.1) is 0 Å². The van der Waals surface area contributed by atoms with Gasteiger partial charge in [0, 0.05) is 7.05 Å². The average Bonchev–Trinajstić information content (AvgIpc) is 2.40. The van der Waals surface area contributed by atoms with Crippen molar-refractivity contribution in [3.05, 3.63) is 29.3 Å². The standard InChI is InChI=1S/C15H25NO2.C2H6/c1-7-18-12-8-9-13(11(2)3)14(10-12)15(4,5)16(6)17;1-2/h8-11,17H,7H2,1-6H3;1-2H3. The molecule has 0 unspecified atom stereocenters. The van der Waals surface area contributed by atoms with Crippen LogP contribution in [0.4, 0.5) is 0 Å². The number of hydrogen-bond acceptors (Lipinski definition) is 3. The van der Waals surface area contributed by atoms with Gasteiger partial charge in [0.25, 0.3) is 0 Å².